The number of carbonyl (C=O) groups excluding carboxylic acids is 1. The smallest absolute Gasteiger partial charge is 0.274 e. The van der Waals surface area contributed by atoms with Crippen molar-refractivity contribution < 1.29 is 4.79 Å². The van der Waals surface area contributed by atoms with Gasteiger partial charge >= 0.3 is 0 Å². The standard InChI is InChI=1S/C11H19N5O/c1-4-5-16(8(2)3)11(17)9-6-14-10(15-12)7-13-9/h6-8H,4-5,12H2,1-3H3,(H,14,15). The number of nitrogen functional groups attached to an aromatic ring is 1. The molecular formula is C11H19N5O. The fourth-order valence-electron chi connectivity index (χ4n) is 1.50. The summed E-state index contributed by atoms with van der Waals surface area (Å²) in [5.41, 5.74) is 2.71. The molecule has 0 fully saturated rings. The molecule has 1 aromatic rings. The number of nitrogens with zero attached hydrogens (tertiary/aromatic N) is 3. The number of carbonyl (C=O) groups is 1. The van der Waals surface area contributed by atoms with Crippen molar-refractivity contribution in [2.24, 2.45) is 5.84 Å². The molecule has 0 saturated carbocycles. The molecule has 0 bridgehead atoms. The Bertz CT molecular complexity index is 363. The van der Waals surface area contributed by atoms with Crippen LogP contribution in [-0.2, 0) is 0 Å². The lowest BCUT2D eigenvalue weighted by molar-refractivity contribution is 0.0699. The first-order valence-electron chi connectivity index (χ1n) is 5.69. The topological polar surface area (TPSA) is 84.1 Å². The fourth-order valence-corrected chi connectivity index (χ4v) is 1.50. The molecule has 0 radical (unpaired) electrons. The number of aromatic nitrogens is 2. The predicted molar refractivity (Wildman–Crippen MR) is 66.3 cm³/mol. The highest BCUT2D eigenvalue weighted by molar-refractivity contribution is 5.92. The second-order valence-corrected chi connectivity index (χ2v) is 4.02. The van der Waals surface area contributed by atoms with E-state index in [1.54, 1.807) is 4.90 Å². The number of hydrogen-bond acceptors (Lipinski definition) is 5. The van der Waals surface area contributed by atoms with Crippen LogP contribution in [0.3, 0.4) is 0 Å². The molecule has 3 N–H and O–H groups in total. The molecule has 94 valence electrons. The molecule has 0 saturated heterocycles. The Morgan fingerprint density at radius 3 is 2.59 bits per heavy atom. The van der Waals surface area contributed by atoms with Crippen LogP contribution in [0.1, 0.15) is 37.7 Å². The highest BCUT2D eigenvalue weighted by Crippen LogP contribution is 2.07. The van der Waals surface area contributed by atoms with Gasteiger partial charge in [0, 0.05) is 12.6 Å². The van der Waals surface area contributed by atoms with E-state index in [2.05, 4.69) is 15.4 Å². The highest BCUT2D eigenvalue weighted by atomic mass is 16.2. The molecule has 0 aliphatic heterocycles. The number of hydrazine groups is 1. The molecule has 6 nitrogen and oxygen atoms in total. The van der Waals surface area contributed by atoms with Crippen molar-refractivity contribution in [1.82, 2.24) is 14.9 Å². The van der Waals surface area contributed by atoms with Crippen LogP contribution in [0.4, 0.5) is 5.82 Å². The Labute approximate surface area is 101 Å². The van der Waals surface area contributed by atoms with Gasteiger partial charge in [0.05, 0.1) is 12.4 Å². The maximum Gasteiger partial charge on any atom is 0.274 e. The molecule has 0 aliphatic rings. The van der Waals surface area contributed by atoms with Crippen molar-refractivity contribution in [2.45, 2.75) is 33.2 Å². The van der Waals surface area contributed by atoms with Crippen molar-refractivity contribution in [1.29, 1.82) is 0 Å². The SMILES string of the molecule is CCCN(C(=O)c1cnc(NN)cn1)C(C)C. The third-order valence-electron chi connectivity index (χ3n) is 2.37. The summed E-state index contributed by atoms with van der Waals surface area (Å²) in [5.74, 6) is 5.52. The van der Waals surface area contributed by atoms with Gasteiger partial charge in [0.2, 0.25) is 0 Å². The molecule has 17 heavy (non-hydrogen) atoms. The summed E-state index contributed by atoms with van der Waals surface area (Å²) in [6.07, 6.45) is 3.79. The Morgan fingerprint density at radius 2 is 2.18 bits per heavy atom. The molecule has 0 aliphatic carbocycles. The number of amides is 1. The zero-order valence-electron chi connectivity index (χ0n) is 10.5. The summed E-state index contributed by atoms with van der Waals surface area (Å²) < 4.78 is 0. The van der Waals surface area contributed by atoms with Gasteiger partial charge in [0.1, 0.15) is 5.69 Å². The van der Waals surface area contributed by atoms with E-state index >= 15 is 0 Å². The van der Waals surface area contributed by atoms with Crippen LogP contribution < -0.4 is 11.3 Å². The van der Waals surface area contributed by atoms with Gasteiger partial charge in [0.15, 0.2) is 5.82 Å². The summed E-state index contributed by atoms with van der Waals surface area (Å²) in [4.78, 5) is 21.9. The number of anilines is 1. The molecule has 1 amide bonds. The van der Waals surface area contributed by atoms with E-state index in [-0.39, 0.29) is 11.9 Å². The van der Waals surface area contributed by atoms with E-state index in [0.29, 0.717) is 11.5 Å². The summed E-state index contributed by atoms with van der Waals surface area (Å²) in [6, 6.07) is 0.150. The van der Waals surface area contributed by atoms with Crippen molar-refractivity contribution in [3.63, 3.8) is 0 Å². The van der Waals surface area contributed by atoms with Crippen LogP contribution in [-0.4, -0.2) is 33.4 Å². The second-order valence-electron chi connectivity index (χ2n) is 4.02. The average molecular weight is 237 g/mol. The van der Waals surface area contributed by atoms with Gasteiger partial charge in [-0.2, -0.15) is 0 Å². The van der Waals surface area contributed by atoms with Crippen LogP contribution in [0.5, 0.6) is 0 Å². The first-order valence-corrected chi connectivity index (χ1v) is 5.69. The van der Waals surface area contributed by atoms with E-state index in [4.69, 9.17) is 5.84 Å². The normalized spacial score (nSPS) is 10.4. The monoisotopic (exact) mass is 237 g/mol. The molecular weight excluding hydrogens is 218 g/mol. The lowest BCUT2D eigenvalue weighted by atomic mass is 10.2. The van der Waals surface area contributed by atoms with Crippen molar-refractivity contribution in [2.75, 3.05) is 12.0 Å². The molecule has 0 atom stereocenters. The van der Waals surface area contributed by atoms with Crippen LogP contribution in [0.15, 0.2) is 12.4 Å². The van der Waals surface area contributed by atoms with Crippen molar-refractivity contribution >= 4 is 11.7 Å². The Balaban J connectivity index is 2.85. The van der Waals surface area contributed by atoms with Crippen LogP contribution in [0.2, 0.25) is 0 Å². The average Bonchev–Trinajstić information content (AvgIpc) is 2.35. The molecule has 1 heterocycles. The quantitative estimate of drug-likeness (QED) is 0.590. The summed E-state index contributed by atoms with van der Waals surface area (Å²) >= 11 is 0. The number of hydrogen-bond donors (Lipinski definition) is 2. The van der Waals surface area contributed by atoms with Gasteiger partial charge in [-0.1, -0.05) is 6.92 Å². The van der Waals surface area contributed by atoms with Crippen molar-refractivity contribution in [3.05, 3.63) is 18.1 Å². The maximum atomic E-state index is 12.1. The number of nitrogens with one attached hydrogen (secondary N) is 1. The summed E-state index contributed by atoms with van der Waals surface area (Å²) in [7, 11) is 0. The van der Waals surface area contributed by atoms with Crippen LogP contribution in [0.25, 0.3) is 0 Å². The Hall–Kier alpha value is -1.69. The summed E-state index contributed by atoms with van der Waals surface area (Å²) in [6.45, 7) is 6.72. The third kappa shape index (κ3) is 3.39. The maximum absolute atomic E-state index is 12.1. The Morgan fingerprint density at radius 1 is 1.47 bits per heavy atom. The molecule has 0 spiro atoms. The third-order valence-corrected chi connectivity index (χ3v) is 2.37. The van der Waals surface area contributed by atoms with E-state index < -0.39 is 0 Å². The van der Waals surface area contributed by atoms with Crippen LogP contribution >= 0.6 is 0 Å². The lowest BCUT2D eigenvalue weighted by Crippen LogP contribution is -2.38. The molecule has 6 heteroatoms. The van der Waals surface area contributed by atoms with Gasteiger partial charge in [-0.15, -0.1) is 0 Å². The van der Waals surface area contributed by atoms with Gasteiger partial charge < -0.3 is 10.3 Å². The second kappa shape index (κ2) is 6.15. The zero-order chi connectivity index (χ0) is 12.8. The number of rotatable bonds is 5. The van der Waals surface area contributed by atoms with E-state index in [1.807, 2.05) is 20.8 Å². The lowest BCUT2D eigenvalue weighted by Gasteiger charge is -2.25. The van der Waals surface area contributed by atoms with Gasteiger partial charge in [-0.05, 0) is 20.3 Å². The van der Waals surface area contributed by atoms with E-state index in [1.165, 1.54) is 12.4 Å². The van der Waals surface area contributed by atoms with E-state index in [0.717, 1.165) is 13.0 Å². The molecule has 1 aromatic heterocycles. The Kier molecular flexibility index (Phi) is 4.84. The zero-order valence-corrected chi connectivity index (χ0v) is 10.5. The summed E-state index contributed by atoms with van der Waals surface area (Å²) in [5, 5.41) is 0. The molecule has 0 aromatic carbocycles. The largest absolute Gasteiger partial charge is 0.335 e. The van der Waals surface area contributed by atoms with E-state index in [9.17, 15) is 4.79 Å². The minimum Gasteiger partial charge on any atom is -0.335 e. The minimum absolute atomic E-state index is 0.0991. The first kappa shape index (κ1) is 13.4. The van der Waals surface area contributed by atoms with Gasteiger partial charge in [0.25, 0.3) is 5.91 Å². The van der Waals surface area contributed by atoms with Crippen LogP contribution in [0, 0.1) is 0 Å². The molecule has 1 rings (SSSR count). The minimum atomic E-state index is -0.0991. The predicted octanol–water partition coefficient (Wildman–Crippen LogP) is 1.02. The van der Waals surface area contributed by atoms with Gasteiger partial charge in [-0.3, -0.25) is 4.79 Å². The highest BCUT2D eigenvalue weighted by Gasteiger charge is 2.19. The first-order chi connectivity index (χ1) is 8.10. The van der Waals surface area contributed by atoms with Gasteiger partial charge in [-0.25, -0.2) is 15.8 Å². The number of nitrogens with two attached hydrogens (primary N) is 1. The molecule has 0 unspecified atom stereocenters. The fraction of sp³-hybridized carbons (Fsp3) is 0.545. The van der Waals surface area contributed by atoms with Crippen molar-refractivity contribution in [3.8, 4) is 0 Å².